The highest BCUT2D eigenvalue weighted by Gasteiger charge is 2.29. The predicted molar refractivity (Wildman–Crippen MR) is 132 cm³/mol. The van der Waals surface area contributed by atoms with Crippen LogP contribution in [-0.2, 0) is 15.9 Å². The smallest absolute Gasteiger partial charge is 0.228 e. The number of methoxy groups -OCH3 is 1. The minimum Gasteiger partial charge on any atom is -0.508 e. The largest absolute Gasteiger partial charge is 0.508 e. The van der Waals surface area contributed by atoms with Crippen LogP contribution in [0, 0.1) is 0 Å². The zero-order chi connectivity index (χ0) is 23.5. The first-order chi connectivity index (χ1) is 16.6. The number of hydrogen-bond acceptors (Lipinski definition) is 9. The normalized spacial score (nSPS) is 15.5. The Kier molecular flexibility index (Phi) is 6.46. The summed E-state index contributed by atoms with van der Waals surface area (Å²) in [6.07, 6.45) is 2.66. The van der Waals surface area contributed by atoms with Gasteiger partial charge in [-0.1, -0.05) is 12.1 Å². The number of nitrogens with zero attached hydrogens (tertiary/aromatic N) is 6. The first-order valence-corrected chi connectivity index (χ1v) is 11.6. The molecule has 1 saturated heterocycles. The number of aromatic nitrogens is 3. The molecule has 178 valence electrons. The average molecular weight is 463 g/mol. The van der Waals surface area contributed by atoms with Gasteiger partial charge in [0.1, 0.15) is 17.4 Å². The lowest BCUT2D eigenvalue weighted by molar-refractivity contribution is 0.122. The summed E-state index contributed by atoms with van der Waals surface area (Å²) in [5.74, 6) is 2.72. The molecule has 0 radical (unpaired) electrons. The van der Waals surface area contributed by atoms with Gasteiger partial charge in [0, 0.05) is 69.4 Å². The molecule has 0 atom stereocenters. The van der Waals surface area contributed by atoms with E-state index in [0.29, 0.717) is 25.8 Å². The van der Waals surface area contributed by atoms with Crippen molar-refractivity contribution >= 4 is 23.3 Å². The number of morpholine rings is 1. The van der Waals surface area contributed by atoms with Gasteiger partial charge in [-0.25, -0.2) is 9.97 Å². The van der Waals surface area contributed by atoms with Crippen molar-refractivity contribution in [3.05, 3.63) is 48.2 Å². The standard InChI is InChI=1S/C25H30N6O3/c1-29(10-13-33-2)22-17-19(6-8-26-22)31-9-7-21-23(18-4-3-5-20(32)16-18)27-25(28-24(21)31)30-11-14-34-15-12-30/h3-6,8,16-17,32H,7,9-15H2,1-2H3. The maximum atomic E-state index is 10.1. The number of phenols is 1. The summed E-state index contributed by atoms with van der Waals surface area (Å²) < 4.78 is 10.8. The van der Waals surface area contributed by atoms with E-state index in [1.165, 1.54) is 0 Å². The first kappa shape index (κ1) is 22.4. The summed E-state index contributed by atoms with van der Waals surface area (Å²) in [7, 11) is 3.72. The van der Waals surface area contributed by atoms with Gasteiger partial charge in [0.05, 0.1) is 25.5 Å². The Labute approximate surface area is 199 Å². The molecule has 2 aliphatic rings. The Hall–Kier alpha value is -3.43. The lowest BCUT2D eigenvalue weighted by atomic mass is 10.1. The van der Waals surface area contributed by atoms with Crippen LogP contribution in [-0.4, -0.2) is 80.2 Å². The molecule has 1 aromatic carbocycles. The van der Waals surface area contributed by atoms with Crippen LogP contribution < -0.4 is 14.7 Å². The SMILES string of the molecule is COCCN(C)c1cc(N2CCc3c(-c4cccc(O)c4)nc(N4CCOCC4)nc32)ccn1. The van der Waals surface area contributed by atoms with Gasteiger partial charge in [-0.3, -0.25) is 0 Å². The van der Waals surface area contributed by atoms with Crippen LogP contribution >= 0.6 is 0 Å². The molecule has 34 heavy (non-hydrogen) atoms. The monoisotopic (exact) mass is 462 g/mol. The summed E-state index contributed by atoms with van der Waals surface area (Å²) >= 11 is 0. The fraction of sp³-hybridized carbons (Fsp3) is 0.400. The lowest BCUT2D eigenvalue weighted by Crippen LogP contribution is -2.37. The molecule has 0 aliphatic carbocycles. The molecular formula is C25H30N6O3. The summed E-state index contributed by atoms with van der Waals surface area (Å²) in [6, 6.07) is 11.4. The summed E-state index contributed by atoms with van der Waals surface area (Å²) in [5, 5.41) is 10.1. The number of aromatic hydroxyl groups is 1. The quantitative estimate of drug-likeness (QED) is 0.569. The number of ether oxygens (including phenoxy) is 2. The molecule has 9 nitrogen and oxygen atoms in total. The Balaban J connectivity index is 1.56. The van der Waals surface area contributed by atoms with Crippen LogP contribution in [0.3, 0.4) is 0 Å². The molecule has 1 fully saturated rings. The molecule has 0 unspecified atom stereocenters. The second-order valence-electron chi connectivity index (χ2n) is 8.51. The van der Waals surface area contributed by atoms with Crippen molar-refractivity contribution < 1.29 is 14.6 Å². The van der Waals surface area contributed by atoms with Gasteiger partial charge in [-0.05, 0) is 24.6 Å². The third-order valence-corrected chi connectivity index (χ3v) is 6.29. The number of rotatable bonds is 7. The van der Waals surface area contributed by atoms with E-state index in [1.54, 1.807) is 19.2 Å². The number of benzene rings is 1. The Bertz CT molecular complexity index is 1150. The molecule has 5 rings (SSSR count). The van der Waals surface area contributed by atoms with Crippen molar-refractivity contribution in [2.45, 2.75) is 6.42 Å². The minimum absolute atomic E-state index is 0.227. The molecule has 0 saturated carbocycles. The minimum atomic E-state index is 0.227. The fourth-order valence-electron chi connectivity index (χ4n) is 4.42. The molecule has 0 spiro atoms. The second-order valence-corrected chi connectivity index (χ2v) is 8.51. The number of likely N-dealkylation sites (N-methyl/N-ethyl adjacent to an activating group) is 1. The van der Waals surface area contributed by atoms with Crippen molar-refractivity contribution in [2.75, 3.05) is 74.9 Å². The van der Waals surface area contributed by atoms with Crippen molar-refractivity contribution in [2.24, 2.45) is 0 Å². The summed E-state index contributed by atoms with van der Waals surface area (Å²) in [4.78, 5) is 21.0. The highest BCUT2D eigenvalue weighted by molar-refractivity contribution is 5.78. The van der Waals surface area contributed by atoms with Crippen LogP contribution in [0.4, 0.5) is 23.3 Å². The van der Waals surface area contributed by atoms with Crippen molar-refractivity contribution in [3.8, 4) is 17.0 Å². The van der Waals surface area contributed by atoms with Crippen molar-refractivity contribution in [1.82, 2.24) is 15.0 Å². The van der Waals surface area contributed by atoms with Crippen LogP contribution in [0.15, 0.2) is 42.6 Å². The third-order valence-electron chi connectivity index (χ3n) is 6.29. The lowest BCUT2D eigenvalue weighted by Gasteiger charge is -2.28. The molecule has 0 amide bonds. The van der Waals surface area contributed by atoms with Crippen molar-refractivity contribution in [1.29, 1.82) is 0 Å². The average Bonchev–Trinajstić information content (AvgIpc) is 3.31. The number of hydrogen-bond donors (Lipinski definition) is 1. The second kappa shape index (κ2) is 9.82. The van der Waals surface area contributed by atoms with Gasteiger partial charge in [0.2, 0.25) is 5.95 Å². The topological polar surface area (TPSA) is 87.1 Å². The van der Waals surface area contributed by atoms with E-state index in [0.717, 1.165) is 66.7 Å². The van der Waals surface area contributed by atoms with Crippen molar-refractivity contribution in [3.63, 3.8) is 0 Å². The van der Waals surface area contributed by atoms with Crippen LogP contribution in [0.25, 0.3) is 11.3 Å². The third kappa shape index (κ3) is 4.49. The molecule has 3 aromatic rings. The highest BCUT2D eigenvalue weighted by atomic mass is 16.5. The van der Waals surface area contributed by atoms with E-state index < -0.39 is 0 Å². The van der Waals surface area contributed by atoms with E-state index in [1.807, 2.05) is 31.4 Å². The molecule has 2 aromatic heterocycles. The molecular weight excluding hydrogens is 432 g/mol. The number of fused-ring (bicyclic) bond motifs is 1. The van der Waals surface area contributed by atoms with E-state index in [4.69, 9.17) is 19.4 Å². The van der Waals surface area contributed by atoms with Gasteiger partial charge in [-0.15, -0.1) is 0 Å². The Morgan fingerprint density at radius 1 is 1.12 bits per heavy atom. The molecule has 9 heteroatoms. The van der Waals surface area contributed by atoms with Crippen LogP contribution in [0.1, 0.15) is 5.56 Å². The van der Waals surface area contributed by atoms with Gasteiger partial charge < -0.3 is 29.3 Å². The first-order valence-electron chi connectivity index (χ1n) is 11.6. The van der Waals surface area contributed by atoms with Gasteiger partial charge in [-0.2, -0.15) is 4.98 Å². The van der Waals surface area contributed by atoms with Gasteiger partial charge >= 0.3 is 0 Å². The zero-order valence-electron chi connectivity index (χ0n) is 19.6. The number of pyridine rings is 1. The van der Waals surface area contributed by atoms with Crippen LogP contribution in [0.2, 0.25) is 0 Å². The summed E-state index contributed by atoms with van der Waals surface area (Å²) in [5.41, 5.74) is 3.90. The molecule has 0 bridgehead atoms. The van der Waals surface area contributed by atoms with E-state index in [2.05, 4.69) is 25.8 Å². The Morgan fingerprint density at radius 2 is 1.97 bits per heavy atom. The zero-order valence-corrected chi connectivity index (χ0v) is 19.6. The van der Waals surface area contributed by atoms with E-state index in [9.17, 15) is 5.11 Å². The maximum Gasteiger partial charge on any atom is 0.228 e. The molecule has 2 aliphatic heterocycles. The fourth-order valence-corrected chi connectivity index (χ4v) is 4.42. The van der Waals surface area contributed by atoms with E-state index >= 15 is 0 Å². The van der Waals surface area contributed by atoms with E-state index in [-0.39, 0.29) is 5.75 Å². The number of anilines is 4. The van der Waals surface area contributed by atoms with Gasteiger partial charge in [0.15, 0.2) is 0 Å². The van der Waals surface area contributed by atoms with Gasteiger partial charge in [0.25, 0.3) is 0 Å². The number of phenolic OH excluding ortho intramolecular Hbond substituents is 1. The summed E-state index contributed by atoms with van der Waals surface area (Å²) in [6.45, 7) is 5.02. The predicted octanol–water partition coefficient (Wildman–Crippen LogP) is 2.86. The molecule has 4 heterocycles. The molecule has 1 N–H and O–H groups in total. The van der Waals surface area contributed by atoms with Crippen LogP contribution in [0.5, 0.6) is 5.75 Å². The highest BCUT2D eigenvalue weighted by Crippen LogP contribution is 2.40. The Morgan fingerprint density at radius 3 is 2.76 bits per heavy atom. The maximum absolute atomic E-state index is 10.1.